The van der Waals surface area contributed by atoms with Crippen LogP contribution in [-0.2, 0) is 38.2 Å². The number of ether oxygens (including phenoxy) is 3. The summed E-state index contributed by atoms with van der Waals surface area (Å²) in [5, 5.41) is 2.03. The second kappa shape index (κ2) is 55.6. The van der Waals surface area contributed by atoms with Crippen LogP contribution in [0, 0.1) is 0 Å². The molecule has 1 rings (SSSR count). The maximum atomic E-state index is 12.8. The van der Waals surface area contributed by atoms with Crippen LogP contribution in [-0.4, -0.2) is 49.0 Å². The van der Waals surface area contributed by atoms with Crippen LogP contribution in [0.4, 0.5) is 0 Å². The average molecular weight is 989 g/mol. The smallest absolute Gasteiger partial charge is 0.306 e. The minimum atomic E-state index is -0.760. The molecule has 0 saturated carbocycles. The summed E-state index contributed by atoms with van der Waals surface area (Å²) in [5.41, 5.74) is 0. The van der Waals surface area contributed by atoms with Gasteiger partial charge in [0.25, 0.3) is 11.8 Å². The Balaban J connectivity index is 0.00000619. The Morgan fingerprint density at radius 1 is 0.329 bits per heavy atom. The molecular weight excluding hydrogens is 875 g/mol. The number of imide groups is 1. The molecule has 2 amide bonds. The van der Waals surface area contributed by atoms with Gasteiger partial charge in [0.2, 0.25) is 0 Å². The van der Waals surface area contributed by atoms with Gasteiger partial charge in [-0.2, -0.15) is 0 Å². The Morgan fingerprint density at radius 2 is 0.529 bits per heavy atom. The molecule has 0 spiro atoms. The molecule has 9 heteroatoms. The first-order valence-corrected chi connectivity index (χ1v) is 30.4. The Morgan fingerprint density at radius 3 is 0.729 bits per heavy atom. The molecule has 0 saturated heterocycles. The van der Waals surface area contributed by atoms with Gasteiger partial charge in [-0.25, -0.2) is 0 Å². The zero-order chi connectivity index (χ0) is 51.1. The number of hydrogen-bond donors (Lipinski definition) is 1. The maximum Gasteiger partial charge on any atom is 0.306 e. The lowest BCUT2D eigenvalue weighted by molar-refractivity contribution is -0.167. The van der Waals surface area contributed by atoms with E-state index in [9.17, 15) is 24.0 Å². The largest absolute Gasteiger partial charge is 0.462 e. The van der Waals surface area contributed by atoms with Crippen molar-refractivity contribution in [3.63, 3.8) is 0 Å². The molecule has 0 fully saturated rings. The molecule has 0 aromatic carbocycles. The summed E-state index contributed by atoms with van der Waals surface area (Å²) in [5.74, 6) is -1.49. The molecule has 1 aliphatic heterocycles. The van der Waals surface area contributed by atoms with E-state index in [4.69, 9.17) is 14.2 Å². The summed E-state index contributed by atoms with van der Waals surface area (Å²) in [6.07, 6.45) is 60.4. The van der Waals surface area contributed by atoms with Crippen LogP contribution in [0.15, 0.2) is 12.2 Å². The predicted molar refractivity (Wildman–Crippen MR) is 293 cm³/mol. The van der Waals surface area contributed by atoms with Crippen LogP contribution in [0.5, 0.6) is 0 Å². The van der Waals surface area contributed by atoms with Crippen molar-refractivity contribution >= 4 is 29.7 Å². The van der Waals surface area contributed by atoms with Gasteiger partial charge in [0.1, 0.15) is 13.2 Å². The summed E-state index contributed by atoms with van der Waals surface area (Å²) in [6, 6.07) is 0. The molecule has 0 radical (unpaired) electrons. The van der Waals surface area contributed by atoms with Crippen molar-refractivity contribution in [1.29, 1.82) is 0 Å². The molecule has 1 aliphatic rings. The van der Waals surface area contributed by atoms with E-state index in [0.717, 1.165) is 57.8 Å². The fourth-order valence-electron chi connectivity index (χ4n) is 9.16. The van der Waals surface area contributed by atoms with Crippen molar-refractivity contribution in [1.82, 2.24) is 5.32 Å². The molecule has 9 nitrogen and oxygen atoms in total. The van der Waals surface area contributed by atoms with E-state index in [0.29, 0.717) is 19.3 Å². The standard InChI is InChI=1S/C57H110O6.C4H3NO2/c1-4-7-10-13-16-19-22-25-28-31-34-37-40-43-46-49-55(58)61-52-54(63-57(60)51-48-45-42-39-36-33-30-27-24-21-18-15-12-9-6-3)53-62-56(59)50-47-44-41-38-35-32-29-26-23-20-17-14-11-8-5-2;6-3-1-2-4(7)5-3/h54H,4-53H2,1-3H3;1-2H,(H,5,6,7). The minimum absolute atomic E-state index is 0.0611. The summed E-state index contributed by atoms with van der Waals surface area (Å²) in [6.45, 7) is 6.71. The van der Waals surface area contributed by atoms with Crippen molar-refractivity contribution in [2.75, 3.05) is 13.2 Å². The second-order valence-electron chi connectivity index (χ2n) is 20.8. The number of rotatable bonds is 53. The van der Waals surface area contributed by atoms with Crippen LogP contribution in [0.3, 0.4) is 0 Å². The first-order valence-electron chi connectivity index (χ1n) is 30.4. The van der Waals surface area contributed by atoms with E-state index in [1.165, 1.54) is 243 Å². The SMILES string of the molecule is CCCCCCCCCCCCCCCCCC(=O)OCC(COC(=O)CCCCCCCCCCCCCCCCC)OC(=O)CCCCCCCCCCCCCCCCC.O=C1C=CC(=O)N1. The normalized spacial score (nSPS) is 12.1. The lowest BCUT2D eigenvalue weighted by atomic mass is 10.0. The third-order valence-electron chi connectivity index (χ3n) is 13.7. The zero-order valence-electron chi connectivity index (χ0n) is 46.4. The maximum absolute atomic E-state index is 12.8. The van der Waals surface area contributed by atoms with E-state index in [1.807, 2.05) is 5.32 Å². The van der Waals surface area contributed by atoms with Crippen LogP contribution < -0.4 is 5.32 Å². The van der Waals surface area contributed by atoms with Crippen molar-refractivity contribution in [3.05, 3.63) is 12.2 Å². The van der Waals surface area contributed by atoms with Crippen molar-refractivity contribution in [2.45, 2.75) is 335 Å². The predicted octanol–water partition coefficient (Wildman–Crippen LogP) is 18.0. The molecule has 410 valence electrons. The summed E-state index contributed by atoms with van der Waals surface area (Å²) >= 11 is 0. The van der Waals surface area contributed by atoms with Gasteiger partial charge in [0, 0.05) is 31.4 Å². The van der Waals surface area contributed by atoms with Crippen LogP contribution >= 0.6 is 0 Å². The number of carbonyl (C=O) groups excluding carboxylic acids is 5. The summed E-state index contributed by atoms with van der Waals surface area (Å²) in [4.78, 5) is 58.2. The van der Waals surface area contributed by atoms with Gasteiger partial charge < -0.3 is 14.2 Å². The molecular formula is C61H113NO8. The quantitative estimate of drug-likeness (QED) is 0.0276. The highest BCUT2D eigenvalue weighted by Crippen LogP contribution is 2.18. The van der Waals surface area contributed by atoms with Gasteiger partial charge >= 0.3 is 17.9 Å². The number of unbranched alkanes of at least 4 members (excludes halogenated alkanes) is 42. The Kier molecular flexibility index (Phi) is 53.4. The van der Waals surface area contributed by atoms with E-state index >= 15 is 0 Å². The average Bonchev–Trinajstić information content (AvgIpc) is 3.74. The third kappa shape index (κ3) is 53.1. The number of hydrogen-bond acceptors (Lipinski definition) is 8. The monoisotopic (exact) mass is 988 g/mol. The molecule has 1 heterocycles. The first-order chi connectivity index (χ1) is 34.3. The number of nitrogens with one attached hydrogen (secondary N) is 1. The highest BCUT2D eigenvalue weighted by Gasteiger charge is 2.19. The topological polar surface area (TPSA) is 125 Å². The van der Waals surface area contributed by atoms with Gasteiger partial charge in [-0.05, 0) is 19.3 Å². The first kappa shape index (κ1) is 67.3. The minimum Gasteiger partial charge on any atom is -0.462 e. The number of esters is 3. The molecule has 1 N–H and O–H groups in total. The van der Waals surface area contributed by atoms with Crippen LogP contribution in [0.1, 0.15) is 329 Å². The van der Waals surface area contributed by atoms with Gasteiger partial charge in [-0.1, -0.05) is 290 Å². The van der Waals surface area contributed by atoms with Crippen LogP contribution in [0.2, 0.25) is 0 Å². The molecule has 0 bridgehead atoms. The third-order valence-corrected chi connectivity index (χ3v) is 13.7. The molecule has 0 atom stereocenters. The van der Waals surface area contributed by atoms with Gasteiger partial charge in [0.05, 0.1) is 0 Å². The van der Waals surface area contributed by atoms with E-state index in [-0.39, 0.29) is 42.9 Å². The number of amides is 2. The molecule has 0 aliphatic carbocycles. The molecule has 0 aromatic heterocycles. The highest BCUT2D eigenvalue weighted by molar-refractivity contribution is 6.12. The summed E-state index contributed by atoms with van der Waals surface area (Å²) < 4.78 is 16.9. The van der Waals surface area contributed by atoms with E-state index in [2.05, 4.69) is 20.8 Å². The molecule has 0 aromatic rings. The lowest BCUT2D eigenvalue weighted by Crippen LogP contribution is -2.30. The Hall–Kier alpha value is -2.71. The number of carbonyl (C=O) groups is 5. The van der Waals surface area contributed by atoms with Crippen molar-refractivity contribution in [3.8, 4) is 0 Å². The Labute approximate surface area is 432 Å². The Bertz CT molecular complexity index is 1150. The second-order valence-corrected chi connectivity index (χ2v) is 20.8. The van der Waals surface area contributed by atoms with E-state index < -0.39 is 6.10 Å². The molecule has 0 unspecified atom stereocenters. The fourth-order valence-corrected chi connectivity index (χ4v) is 9.16. The van der Waals surface area contributed by atoms with Crippen molar-refractivity contribution in [2.24, 2.45) is 0 Å². The van der Waals surface area contributed by atoms with Gasteiger partial charge in [-0.3, -0.25) is 29.3 Å². The van der Waals surface area contributed by atoms with Crippen LogP contribution in [0.25, 0.3) is 0 Å². The van der Waals surface area contributed by atoms with Crippen molar-refractivity contribution < 1.29 is 38.2 Å². The highest BCUT2D eigenvalue weighted by atomic mass is 16.6. The van der Waals surface area contributed by atoms with Gasteiger partial charge in [0.15, 0.2) is 6.10 Å². The van der Waals surface area contributed by atoms with Gasteiger partial charge in [-0.15, -0.1) is 0 Å². The molecule has 70 heavy (non-hydrogen) atoms. The van der Waals surface area contributed by atoms with E-state index in [1.54, 1.807) is 0 Å². The lowest BCUT2D eigenvalue weighted by Gasteiger charge is -2.18. The zero-order valence-corrected chi connectivity index (χ0v) is 46.4. The summed E-state index contributed by atoms with van der Waals surface area (Å²) in [7, 11) is 0. The fraction of sp³-hybridized carbons (Fsp3) is 0.885.